The zero-order valence-electron chi connectivity index (χ0n) is 17.4. The molecule has 3 aromatic carbocycles. The van der Waals surface area contributed by atoms with Gasteiger partial charge in [-0.15, -0.1) is 5.10 Å². The predicted octanol–water partition coefficient (Wildman–Crippen LogP) is 4.68. The van der Waals surface area contributed by atoms with Crippen LogP contribution in [0.4, 0.5) is 10.1 Å². The molecule has 0 saturated carbocycles. The van der Waals surface area contributed by atoms with Crippen LogP contribution in [0.15, 0.2) is 83.4 Å². The summed E-state index contributed by atoms with van der Waals surface area (Å²) in [7, 11) is 0. The maximum atomic E-state index is 14.4. The van der Waals surface area contributed by atoms with Gasteiger partial charge in [0.1, 0.15) is 11.5 Å². The highest BCUT2D eigenvalue weighted by atomic mass is 19.1. The molecule has 33 heavy (non-hydrogen) atoms. The van der Waals surface area contributed by atoms with E-state index in [1.165, 1.54) is 22.9 Å². The lowest BCUT2D eigenvalue weighted by Crippen LogP contribution is -2.14. The second-order valence-electron chi connectivity index (χ2n) is 7.20. The SMILES string of the molecule is Cc1nnnn1-c1cc(NC(=O)c2ccccc2-c2ncc(-c3ccccc3)o2)ccc1F. The van der Waals surface area contributed by atoms with E-state index in [0.29, 0.717) is 34.3 Å². The molecule has 2 aromatic heterocycles. The summed E-state index contributed by atoms with van der Waals surface area (Å²) in [6.45, 7) is 1.65. The van der Waals surface area contributed by atoms with Crippen LogP contribution >= 0.6 is 0 Å². The van der Waals surface area contributed by atoms with Gasteiger partial charge in [-0.3, -0.25) is 4.79 Å². The smallest absolute Gasteiger partial charge is 0.256 e. The molecule has 2 heterocycles. The highest BCUT2D eigenvalue weighted by Crippen LogP contribution is 2.29. The fourth-order valence-corrected chi connectivity index (χ4v) is 3.41. The summed E-state index contributed by atoms with van der Waals surface area (Å²) in [4.78, 5) is 17.5. The van der Waals surface area contributed by atoms with Crippen LogP contribution in [0.3, 0.4) is 0 Å². The van der Waals surface area contributed by atoms with E-state index in [1.807, 2.05) is 30.3 Å². The van der Waals surface area contributed by atoms with E-state index in [2.05, 4.69) is 25.8 Å². The summed E-state index contributed by atoms with van der Waals surface area (Å²) in [6, 6.07) is 20.7. The zero-order valence-corrected chi connectivity index (χ0v) is 17.4. The molecule has 0 aliphatic carbocycles. The van der Waals surface area contributed by atoms with Crippen LogP contribution in [-0.4, -0.2) is 31.1 Å². The first-order valence-electron chi connectivity index (χ1n) is 10.1. The van der Waals surface area contributed by atoms with Gasteiger partial charge in [0.25, 0.3) is 5.91 Å². The van der Waals surface area contributed by atoms with Crippen molar-refractivity contribution in [1.82, 2.24) is 25.2 Å². The molecular formula is C24H17FN6O2. The Morgan fingerprint density at radius 3 is 2.61 bits per heavy atom. The number of benzene rings is 3. The van der Waals surface area contributed by atoms with E-state index in [-0.39, 0.29) is 5.69 Å². The number of aryl methyl sites for hydroxylation is 1. The minimum absolute atomic E-state index is 0.129. The van der Waals surface area contributed by atoms with E-state index in [0.717, 1.165) is 5.56 Å². The van der Waals surface area contributed by atoms with Gasteiger partial charge in [-0.25, -0.2) is 9.37 Å². The van der Waals surface area contributed by atoms with Crippen LogP contribution in [0.5, 0.6) is 0 Å². The second kappa shape index (κ2) is 8.46. The van der Waals surface area contributed by atoms with Crippen molar-refractivity contribution in [3.63, 3.8) is 0 Å². The van der Waals surface area contributed by atoms with Gasteiger partial charge in [-0.1, -0.05) is 42.5 Å². The third-order valence-electron chi connectivity index (χ3n) is 5.02. The minimum Gasteiger partial charge on any atom is -0.436 e. The van der Waals surface area contributed by atoms with Gasteiger partial charge in [0, 0.05) is 16.8 Å². The van der Waals surface area contributed by atoms with Gasteiger partial charge in [-0.2, -0.15) is 4.68 Å². The number of hydrogen-bond donors (Lipinski definition) is 1. The highest BCUT2D eigenvalue weighted by Gasteiger charge is 2.18. The average Bonchev–Trinajstić information content (AvgIpc) is 3.50. The number of carbonyl (C=O) groups is 1. The number of aromatic nitrogens is 5. The normalized spacial score (nSPS) is 10.8. The number of nitrogens with one attached hydrogen (secondary N) is 1. The Morgan fingerprint density at radius 1 is 1.03 bits per heavy atom. The zero-order chi connectivity index (χ0) is 22.8. The van der Waals surface area contributed by atoms with E-state index in [4.69, 9.17) is 4.42 Å². The Labute approximate surface area is 187 Å². The number of amides is 1. The molecule has 162 valence electrons. The largest absolute Gasteiger partial charge is 0.436 e. The molecular weight excluding hydrogens is 423 g/mol. The van der Waals surface area contributed by atoms with Crippen LogP contribution in [0.25, 0.3) is 28.5 Å². The van der Waals surface area contributed by atoms with Crippen LogP contribution in [0, 0.1) is 12.7 Å². The van der Waals surface area contributed by atoms with Crippen molar-refractivity contribution in [2.45, 2.75) is 6.92 Å². The molecule has 0 spiro atoms. The highest BCUT2D eigenvalue weighted by molar-refractivity contribution is 6.08. The van der Waals surface area contributed by atoms with Crippen LogP contribution in [-0.2, 0) is 0 Å². The number of tetrazole rings is 1. The molecule has 0 atom stereocenters. The maximum Gasteiger partial charge on any atom is 0.256 e. The predicted molar refractivity (Wildman–Crippen MR) is 119 cm³/mol. The van der Waals surface area contributed by atoms with E-state index in [9.17, 15) is 9.18 Å². The third-order valence-corrected chi connectivity index (χ3v) is 5.02. The number of halogens is 1. The monoisotopic (exact) mass is 440 g/mol. The van der Waals surface area contributed by atoms with Crippen LogP contribution < -0.4 is 5.32 Å². The molecule has 8 nitrogen and oxygen atoms in total. The van der Waals surface area contributed by atoms with Gasteiger partial charge in [0.2, 0.25) is 5.89 Å². The molecule has 0 unspecified atom stereocenters. The van der Waals surface area contributed by atoms with Crippen molar-refractivity contribution in [2.24, 2.45) is 0 Å². The van der Waals surface area contributed by atoms with Crippen molar-refractivity contribution < 1.29 is 13.6 Å². The lowest BCUT2D eigenvalue weighted by molar-refractivity contribution is 0.102. The molecule has 0 fully saturated rings. The molecule has 5 rings (SSSR count). The average molecular weight is 440 g/mol. The van der Waals surface area contributed by atoms with Gasteiger partial charge >= 0.3 is 0 Å². The lowest BCUT2D eigenvalue weighted by atomic mass is 10.1. The summed E-state index contributed by atoms with van der Waals surface area (Å²) in [5, 5.41) is 13.9. The lowest BCUT2D eigenvalue weighted by Gasteiger charge is -2.10. The summed E-state index contributed by atoms with van der Waals surface area (Å²) >= 11 is 0. The minimum atomic E-state index is -0.517. The number of anilines is 1. The number of carbonyl (C=O) groups excluding carboxylic acids is 1. The molecule has 1 amide bonds. The number of hydrogen-bond acceptors (Lipinski definition) is 6. The molecule has 1 N–H and O–H groups in total. The number of rotatable bonds is 5. The standard InChI is InChI=1S/C24H17FN6O2/c1-15-28-29-30-31(15)21-13-17(11-12-20(21)25)27-23(32)18-9-5-6-10-19(18)24-26-14-22(33-24)16-7-3-2-4-8-16/h2-14H,1H3,(H,27,32). The fourth-order valence-electron chi connectivity index (χ4n) is 3.41. The Hall–Kier alpha value is -4.66. The first kappa shape index (κ1) is 20.3. The molecule has 0 saturated heterocycles. The molecule has 0 aliphatic heterocycles. The quantitative estimate of drug-likeness (QED) is 0.426. The Bertz CT molecular complexity index is 1440. The van der Waals surface area contributed by atoms with E-state index >= 15 is 0 Å². The number of oxazole rings is 1. The van der Waals surface area contributed by atoms with Gasteiger partial charge in [0.05, 0.1) is 11.8 Å². The Balaban J connectivity index is 1.45. The van der Waals surface area contributed by atoms with Gasteiger partial charge < -0.3 is 9.73 Å². The second-order valence-corrected chi connectivity index (χ2v) is 7.20. The molecule has 0 aliphatic rings. The van der Waals surface area contributed by atoms with Crippen molar-refractivity contribution in [3.8, 4) is 28.5 Å². The summed E-state index contributed by atoms with van der Waals surface area (Å²) in [5.41, 5.74) is 2.30. The van der Waals surface area contributed by atoms with E-state index in [1.54, 1.807) is 37.4 Å². The maximum absolute atomic E-state index is 14.4. The molecule has 0 bridgehead atoms. The van der Waals surface area contributed by atoms with E-state index < -0.39 is 11.7 Å². The third kappa shape index (κ3) is 3.99. The molecule has 5 aromatic rings. The molecule has 9 heteroatoms. The first-order valence-corrected chi connectivity index (χ1v) is 10.1. The Morgan fingerprint density at radius 2 is 1.82 bits per heavy atom. The summed E-state index contributed by atoms with van der Waals surface area (Å²) in [5.74, 6) is 0.429. The Kier molecular flexibility index (Phi) is 5.19. The molecule has 0 radical (unpaired) electrons. The fraction of sp³-hybridized carbons (Fsp3) is 0.0417. The first-order chi connectivity index (χ1) is 16.1. The topological polar surface area (TPSA) is 98.7 Å². The summed E-state index contributed by atoms with van der Waals surface area (Å²) in [6.07, 6.45) is 1.63. The van der Waals surface area contributed by atoms with Crippen molar-refractivity contribution in [2.75, 3.05) is 5.32 Å². The van der Waals surface area contributed by atoms with Crippen LogP contribution in [0.2, 0.25) is 0 Å². The number of nitrogens with zero attached hydrogens (tertiary/aromatic N) is 5. The van der Waals surface area contributed by atoms with Gasteiger partial charge in [0.15, 0.2) is 11.6 Å². The van der Waals surface area contributed by atoms with Crippen molar-refractivity contribution in [1.29, 1.82) is 0 Å². The summed E-state index contributed by atoms with van der Waals surface area (Å²) < 4.78 is 21.5. The van der Waals surface area contributed by atoms with Crippen molar-refractivity contribution >= 4 is 11.6 Å². The van der Waals surface area contributed by atoms with Crippen molar-refractivity contribution in [3.05, 3.63) is 96.2 Å². The van der Waals surface area contributed by atoms with Crippen LogP contribution in [0.1, 0.15) is 16.2 Å². The van der Waals surface area contributed by atoms with Gasteiger partial charge in [-0.05, 0) is 47.7 Å².